The first-order valence-corrected chi connectivity index (χ1v) is 3.07. The van der Waals surface area contributed by atoms with Crippen LogP contribution in [0.1, 0.15) is 18.7 Å². The first-order chi connectivity index (χ1) is 3.80. The van der Waals surface area contributed by atoms with E-state index in [-0.39, 0.29) is 6.04 Å². The summed E-state index contributed by atoms with van der Waals surface area (Å²) in [5, 5.41) is 0. The van der Waals surface area contributed by atoms with Gasteiger partial charge < -0.3 is 5.73 Å². The molecule has 1 unspecified atom stereocenters. The van der Waals surface area contributed by atoms with Crippen LogP contribution in [0.15, 0.2) is 6.20 Å². The van der Waals surface area contributed by atoms with Crippen molar-refractivity contribution in [3.05, 3.63) is 11.9 Å². The normalized spacial score (nSPS) is 13.8. The molecule has 0 aliphatic rings. The average Bonchev–Trinajstić information content (AvgIpc) is 2.12. The second-order valence-electron chi connectivity index (χ2n) is 1.62. The molecule has 0 fully saturated rings. The van der Waals surface area contributed by atoms with Gasteiger partial charge in [0.2, 0.25) is 0 Å². The van der Waals surface area contributed by atoms with Crippen LogP contribution < -0.4 is 5.73 Å². The van der Waals surface area contributed by atoms with E-state index in [1.54, 1.807) is 6.20 Å². The van der Waals surface area contributed by atoms with E-state index in [0.29, 0.717) is 0 Å². The summed E-state index contributed by atoms with van der Waals surface area (Å²) < 4.78 is 7.72. The first-order valence-electron chi connectivity index (χ1n) is 2.33. The third-order valence-corrected chi connectivity index (χ3v) is 1.34. The van der Waals surface area contributed by atoms with Gasteiger partial charge in [0.15, 0.2) is 0 Å². The highest BCUT2D eigenvalue weighted by molar-refractivity contribution is 6.99. The minimum Gasteiger partial charge on any atom is -0.323 e. The van der Waals surface area contributed by atoms with E-state index in [4.69, 9.17) is 5.73 Å². The van der Waals surface area contributed by atoms with Crippen LogP contribution >= 0.6 is 11.7 Å². The molecule has 1 heterocycles. The van der Waals surface area contributed by atoms with Gasteiger partial charge in [0.05, 0.1) is 23.6 Å². The van der Waals surface area contributed by atoms with Gasteiger partial charge >= 0.3 is 0 Å². The van der Waals surface area contributed by atoms with E-state index < -0.39 is 0 Å². The topological polar surface area (TPSA) is 51.8 Å². The van der Waals surface area contributed by atoms with Crippen molar-refractivity contribution in [1.29, 1.82) is 0 Å². The average molecular weight is 129 g/mol. The Morgan fingerprint density at radius 3 is 2.88 bits per heavy atom. The summed E-state index contributed by atoms with van der Waals surface area (Å²) >= 11 is 1.19. The number of aromatic nitrogens is 2. The van der Waals surface area contributed by atoms with E-state index in [1.165, 1.54) is 11.7 Å². The van der Waals surface area contributed by atoms with E-state index in [1.807, 2.05) is 6.92 Å². The lowest BCUT2D eigenvalue weighted by Crippen LogP contribution is -2.04. The zero-order valence-electron chi connectivity index (χ0n) is 4.53. The summed E-state index contributed by atoms with van der Waals surface area (Å²) in [4.78, 5) is 0. The molecular formula is C4H7N3S. The van der Waals surface area contributed by atoms with Crippen molar-refractivity contribution < 1.29 is 0 Å². The van der Waals surface area contributed by atoms with Gasteiger partial charge in [-0.3, -0.25) is 0 Å². The van der Waals surface area contributed by atoms with Gasteiger partial charge in [-0.1, -0.05) is 0 Å². The summed E-state index contributed by atoms with van der Waals surface area (Å²) in [7, 11) is 0. The van der Waals surface area contributed by atoms with Gasteiger partial charge in [0, 0.05) is 6.04 Å². The molecule has 0 bridgehead atoms. The van der Waals surface area contributed by atoms with Crippen LogP contribution in [0.5, 0.6) is 0 Å². The molecule has 0 aromatic carbocycles. The Hall–Kier alpha value is -0.480. The fourth-order valence-corrected chi connectivity index (χ4v) is 0.883. The fraction of sp³-hybridized carbons (Fsp3) is 0.500. The predicted octanol–water partition coefficient (Wildman–Crippen LogP) is 0.558. The highest BCUT2D eigenvalue weighted by Gasteiger charge is 1.99. The van der Waals surface area contributed by atoms with Gasteiger partial charge in [-0.25, -0.2) is 0 Å². The van der Waals surface area contributed by atoms with Crippen LogP contribution in [0.25, 0.3) is 0 Å². The van der Waals surface area contributed by atoms with Crippen LogP contribution in [0.3, 0.4) is 0 Å². The second-order valence-corrected chi connectivity index (χ2v) is 2.18. The smallest absolute Gasteiger partial charge is 0.0907 e. The molecule has 1 rings (SSSR count). The zero-order valence-corrected chi connectivity index (χ0v) is 5.35. The van der Waals surface area contributed by atoms with Crippen LogP contribution in [0.2, 0.25) is 0 Å². The lowest BCUT2D eigenvalue weighted by molar-refractivity contribution is 0.793. The Bertz CT molecular complexity index is 146. The molecule has 8 heavy (non-hydrogen) atoms. The van der Waals surface area contributed by atoms with Gasteiger partial charge in [0.1, 0.15) is 0 Å². The molecular weight excluding hydrogens is 122 g/mol. The van der Waals surface area contributed by atoms with Crippen molar-refractivity contribution in [3.8, 4) is 0 Å². The van der Waals surface area contributed by atoms with Gasteiger partial charge in [-0.05, 0) is 6.92 Å². The molecule has 0 spiro atoms. The Balaban J connectivity index is 2.77. The molecule has 4 heteroatoms. The summed E-state index contributed by atoms with van der Waals surface area (Å²) in [6, 6.07) is 0.0220. The van der Waals surface area contributed by atoms with Gasteiger partial charge in [-0.2, -0.15) is 8.75 Å². The molecule has 0 aliphatic heterocycles. The van der Waals surface area contributed by atoms with Crippen molar-refractivity contribution in [2.24, 2.45) is 5.73 Å². The van der Waals surface area contributed by atoms with E-state index in [0.717, 1.165) is 5.69 Å². The van der Waals surface area contributed by atoms with Crippen LogP contribution in [-0.4, -0.2) is 8.75 Å². The molecule has 0 radical (unpaired) electrons. The maximum absolute atomic E-state index is 5.46. The SMILES string of the molecule is CC(N)c1cnsn1. The predicted molar refractivity (Wildman–Crippen MR) is 32.5 cm³/mol. The van der Waals surface area contributed by atoms with Crippen molar-refractivity contribution in [3.63, 3.8) is 0 Å². The summed E-state index contributed by atoms with van der Waals surface area (Å²) in [5.41, 5.74) is 6.33. The maximum atomic E-state index is 5.46. The minimum atomic E-state index is 0.0220. The van der Waals surface area contributed by atoms with Crippen LogP contribution in [0, 0.1) is 0 Å². The monoisotopic (exact) mass is 129 g/mol. The molecule has 2 N–H and O–H groups in total. The van der Waals surface area contributed by atoms with Crippen molar-refractivity contribution in [2.45, 2.75) is 13.0 Å². The molecule has 0 amide bonds. The van der Waals surface area contributed by atoms with E-state index >= 15 is 0 Å². The molecule has 3 nitrogen and oxygen atoms in total. The van der Waals surface area contributed by atoms with Gasteiger partial charge in [0.25, 0.3) is 0 Å². The highest BCUT2D eigenvalue weighted by atomic mass is 32.1. The molecule has 44 valence electrons. The quantitative estimate of drug-likeness (QED) is 0.602. The van der Waals surface area contributed by atoms with E-state index in [2.05, 4.69) is 8.75 Å². The highest BCUT2D eigenvalue weighted by Crippen LogP contribution is 2.03. The Labute approximate surface area is 51.9 Å². The standard InChI is InChI=1S/C4H7N3S/c1-3(5)4-2-6-8-7-4/h2-3H,5H2,1H3. The molecule has 1 aromatic rings. The fourth-order valence-electron chi connectivity index (χ4n) is 0.373. The number of rotatable bonds is 1. The zero-order chi connectivity index (χ0) is 5.98. The van der Waals surface area contributed by atoms with Crippen LogP contribution in [-0.2, 0) is 0 Å². The second kappa shape index (κ2) is 2.19. The summed E-state index contributed by atoms with van der Waals surface area (Å²) in [6.07, 6.45) is 1.69. The van der Waals surface area contributed by atoms with Crippen molar-refractivity contribution in [1.82, 2.24) is 8.75 Å². The lowest BCUT2D eigenvalue weighted by atomic mass is 10.3. The van der Waals surface area contributed by atoms with Crippen molar-refractivity contribution in [2.75, 3.05) is 0 Å². The summed E-state index contributed by atoms with van der Waals surface area (Å²) in [5.74, 6) is 0. The summed E-state index contributed by atoms with van der Waals surface area (Å²) in [6.45, 7) is 1.89. The molecule has 0 saturated carbocycles. The number of hydrogen-bond donors (Lipinski definition) is 1. The molecule has 1 aromatic heterocycles. The van der Waals surface area contributed by atoms with E-state index in [9.17, 15) is 0 Å². The minimum absolute atomic E-state index is 0.0220. The third-order valence-electron chi connectivity index (χ3n) is 0.845. The van der Waals surface area contributed by atoms with Crippen molar-refractivity contribution >= 4 is 11.7 Å². The van der Waals surface area contributed by atoms with Gasteiger partial charge in [-0.15, -0.1) is 0 Å². The Kier molecular flexibility index (Phi) is 1.55. The number of hydrogen-bond acceptors (Lipinski definition) is 4. The van der Waals surface area contributed by atoms with Crippen LogP contribution in [0.4, 0.5) is 0 Å². The third kappa shape index (κ3) is 1.02. The molecule has 1 atom stereocenters. The Morgan fingerprint density at radius 1 is 1.88 bits per heavy atom. The first kappa shape index (κ1) is 5.65. The largest absolute Gasteiger partial charge is 0.323 e. The Morgan fingerprint density at radius 2 is 2.62 bits per heavy atom. The number of nitrogens with zero attached hydrogens (tertiary/aromatic N) is 2. The maximum Gasteiger partial charge on any atom is 0.0907 e. The molecule has 0 aliphatic carbocycles. The number of nitrogens with two attached hydrogens (primary N) is 1. The molecule has 0 saturated heterocycles. The lowest BCUT2D eigenvalue weighted by Gasteiger charge is -1.93.